The SMILES string of the molecule is COc1ccc(CCNC(=O)COC(=O)Cc2cc(Cl)ccc2OC)cc1. The molecule has 2 aromatic carbocycles. The van der Waals surface area contributed by atoms with E-state index in [2.05, 4.69) is 5.32 Å². The number of rotatable bonds is 9. The lowest BCUT2D eigenvalue weighted by molar-refractivity contribution is -0.147. The lowest BCUT2D eigenvalue weighted by Crippen LogP contribution is -2.30. The van der Waals surface area contributed by atoms with Crippen molar-refractivity contribution in [3.8, 4) is 11.5 Å². The van der Waals surface area contributed by atoms with Crippen molar-refractivity contribution in [1.82, 2.24) is 5.32 Å². The number of benzene rings is 2. The van der Waals surface area contributed by atoms with E-state index in [0.29, 0.717) is 29.3 Å². The Morgan fingerprint density at radius 3 is 2.44 bits per heavy atom. The molecule has 0 fully saturated rings. The Morgan fingerprint density at radius 1 is 1.04 bits per heavy atom. The molecule has 0 saturated heterocycles. The molecule has 0 spiro atoms. The maximum atomic E-state index is 11.9. The average molecular weight is 392 g/mol. The Labute approximate surface area is 163 Å². The van der Waals surface area contributed by atoms with E-state index in [-0.39, 0.29) is 18.9 Å². The molecule has 0 bridgehead atoms. The van der Waals surface area contributed by atoms with Gasteiger partial charge in [0.05, 0.1) is 20.6 Å². The van der Waals surface area contributed by atoms with Crippen molar-refractivity contribution in [3.05, 3.63) is 58.6 Å². The first-order valence-electron chi connectivity index (χ1n) is 8.39. The fourth-order valence-electron chi connectivity index (χ4n) is 2.43. The van der Waals surface area contributed by atoms with Crippen molar-refractivity contribution in [2.75, 3.05) is 27.4 Å². The third kappa shape index (κ3) is 6.83. The molecule has 7 heteroatoms. The summed E-state index contributed by atoms with van der Waals surface area (Å²) >= 11 is 5.93. The van der Waals surface area contributed by atoms with E-state index in [1.165, 1.54) is 7.11 Å². The highest BCUT2D eigenvalue weighted by atomic mass is 35.5. The van der Waals surface area contributed by atoms with E-state index in [0.717, 1.165) is 11.3 Å². The van der Waals surface area contributed by atoms with Crippen molar-refractivity contribution in [2.45, 2.75) is 12.8 Å². The van der Waals surface area contributed by atoms with Crippen molar-refractivity contribution < 1.29 is 23.8 Å². The second-order valence-corrected chi connectivity index (χ2v) is 6.18. The number of hydrogen-bond acceptors (Lipinski definition) is 5. The number of esters is 1. The van der Waals surface area contributed by atoms with Gasteiger partial charge in [-0.15, -0.1) is 0 Å². The predicted molar refractivity (Wildman–Crippen MR) is 102 cm³/mol. The zero-order chi connectivity index (χ0) is 19.6. The van der Waals surface area contributed by atoms with Crippen LogP contribution in [-0.2, 0) is 27.2 Å². The molecule has 0 aromatic heterocycles. The minimum atomic E-state index is -0.527. The lowest BCUT2D eigenvalue weighted by atomic mass is 10.1. The van der Waals surface area contributed by atoms with Crippen LogP contribution in [0.5, 0.6) is 11.5 Å². The summed E-state index contributed by atoms with van der Waals surface area (Å²) in [6, 6.07) is 12.6. The molecule has 0 aliphatic heterocycles. The van der Waals surface area contributed by atoms with Crippen molar-refractivity contribution in [2.24, 2.45) is 0 Å². The highest BCUT2D eigenvalue weighted by Gasteiger charge is 2.12. The van der Waals surface area contributed by atoms with Gasteiger partial charge in [0.1, 0.15) is 11.5 Å². The summed E-state index contributed by atoms with van der Waals surface area (Å²) in [7, 11) is 3.12. The summed E-state index contributed by atoms with van der Waals surface area (Å²) in [6.45, 7) is 0.120. The predicted octanol–water partition coefficient (Wildman–Crippen LogP) is 2.80. The van der Waals surface area contributed by atoms with Gasteiger partial charge in [0, 0.05) is 17.1 Å². The van der Waals surface area contributed by atoms with Gasteiger partial charge in [-0.25, -0.2) is 0 Å². The van der Waals surface area contributed by atoms with E-state index >= 15 is 0 Å². The van der Waals surface area contributed by atoms with Gasteiger partial charge in [-0.3, -0.25) is 9.59 Å². The van der Waals surface area contributed by atoms with E-state index in [1.807, 2.05) is 24.3 Å². The maximum Gasteiger partial charge on any atom is 0.310 e. The van der Waals surface area contributed by atoms with Crippen LogP contribution in [0.25, 0.3) is 0 Å². The molecule has 0 aliphatic rings. The molecule has 0 unspecified atom stereocenters. The van der Waals surface area contributed by atoms with E-state index in [1.54, 1.807) is 25.3 Å². The van der Waals surface area contributed by atoms with Crippen LogP contribution in [0.3, 0.4) is 0 Å². The summed E-state index contributed by atoms with van der Waals surface area (Å²) in [5, 5.41) is 3.21. The summed E-state index contributed by atoms with van der Waals surface area (Å²) < 4.78 is 15.3. The Bertz CT molecular complexity index is 776. The topological polar surface area (TPSA) is 73.9 Å². The number of hydrogen-bond donors (Lipinski definition) is 1. The van der Waals surface area contributed by atoms with Gasteiger partial charge >= 0.3 is 5.97 Å². The fraction of sp³-hybridized carbons (Fsp3) is 0.300. The Balaban J connectivity index is 1.71. The Morgan fingerprint density at radius 2 is 1.78 bits per heavy atom. The highest BCUT2D eigenvalue weighted by molar-refractivity contribution is 6.30. The molecule has 0 radical (unpaired) electrons. The molecule has 0 aliphatic carbocycles. The van der Waals surface area contributed by atoms with Gasteiger partial charge in [-0.05, 0) is 42.3 Å². The molecule has 144 valence electrons. The van der Waals surface area contributed by atoms with Crippen LogP contribution >= 0.6 is 11.6 Å². The van der Waals surface area contributed by atoms with Crippen LogP contribution in [0, 0.1) is 0 Å². The second-order valence-electron chi connectivity index (χ2n) is 5.74. The van der Waals surface area contributed by atoms with Gasteiger partial charge in [-0.1, -0.05) is 23.7 Å². The number of carbonyl (C=O) groups excluding carboxylic acids is 2. The number of nitrogens with one attached hydrogen (secondary N) is 1. The van der Waals surface area contributed by atoms with Gasteiger partial charge < -0.3 is 19.5 Å². The maximum absolute atomic E-state index is 11.9. The van der Waals surface area contributed by atoms with Gasteiger partial charge in [0.15, 0.2) is 6.61 Å². The van der Waals surface area contributed by atoms with Crippen molar-refractivity contribution in [1.29, 1.82) is 0 Å². The first kappa shape index (κ1) is 20.6. The smallest absolute Gasteiger partial charge is 0.310 e. The summed E-state index contributed by atoms with van der Waals surface area (Å²) in [5.41, 5.74) is 1.68. The number of ether oxygens (including phenoxy) is 3. The average Bonchev–Trinajstić information content (AvgIpc) is 2.67. The minimum absolute atomic E-state index is 0.0249. The third-order valence-electron chi connectivity index (χ3n) is 3.84. The molecule has 0 heterocycles. The minimum Gasteiger partial charge on any atom is -0.497 e. The zero-order valence-corrected chi connectivity index (χ0v) is 16.0. The first-order valence-corrected chi connectivity index (χ1v) is 8.77. The summed E-state index contributed by atoms with van der Waals surface area (Å²) in [6.07, 6.45) is 0.645. The second kappa shape index (κ2) is 10.4. The molecule has 0 saturated carbocycles. The van der Waals surface area contributed by atoms with E-state index in [9.17, 15) is 9.59 Å². The number of carbonyl (C=O) groups is 2. The quantitative estimate of drug-likeness (QED) is 0.665. The number of amides is 1. The standard InChI is InChI=1S/C20H22ClNO5/c1-25-17-6-3-14(4-7-17)9-10-22-19(23)13-27-20(24)12-15-11-16(21)5-8-18(15)26-2/h3-8,11H,9-10,12-13H2,1-2H3,(H,22,23). The highest BCUT2D eigenvalue weighted by Crippen LogP contribution is 2.23. The first-order chi connectivity index (χ1) is 13.0. The molecular formula is C20H22ClNO5. The van der Waals surface area contributed by atoms with Crippen LogP contribution < -0.4 is 14.8 Å². The van der Waals surface area contributed by atoms with E-state index in [4.69, 9.17) is 25.8 Å². The third-order valence-corrected chi connectivity index (χ3v) is 4.07. The molecule has 1 N–H and O–H groups in total. The molecular weight excluding hydrogens is 370 g/mol. The normalized spacial score (nSPS) is 10.2. The molecule has 6 nitrogen and oxygen atoms in total. The summed E-state index contributed by atoms with van der Waals surface area (Å²) in [5.74, 6) is 0.446. The summed E-state index contributed by atoms with van der Waals surface area (Å²) in [4.78, 5) is 23.8. The lowest BCUT2D eigenvalue weighted by Gasteiger charge is -2.10. The number of halogens is 1. The number of methoxy groups -OCH3 is 2. The van der Waals surface area contributed by atoms with E-state index < -0.39 is 5.97 Å². The van der Waals surface area contributed by atoms with Gasteiger partial charge in [0.2, 0.25) is 0 Å². The molecule has 0 atom stereocenters. The van der Waals surface area contributed by atoms with Crippen LogP contribution in [0.4, 0.5) is 0 Å². The molecule has 1 amide bonds. The Kier molecular flexibility index (Phi) is 7.95. The van der Waals surface area contributed by atoms with Gasteiger partial charge in [0.25, 0.3) is 5.91 Å². The largest absolute Gasteiger partial charge is 0.497 e. The van der Waals surface area contributed by atoms with Gasteiger partial charge in [-0.2, -0.15) is 0 Å². The van der Waals surface area contributed by atoms with Crippen LogP contribution in [-0.4, -0.2) is 39.2 Å². The Hall–Kier alpha value is -2.73. The monoisotopic (exact) mass is 391 g/mol. The van der Waals surface area contributed by atoms with Crippen LogP contribution in [0.2, 0.25) is 5.02 Å². The van der Waals surface area contributed by atoms with Crippen molar-refractivity contribution in [3.63, 3.8) is 0 Å². The van der Waals surface area contributed by atoms with Crippen LogP contribution in [0.15, 0.2) is 42.5 Å². The van der Waals surface area contributed by atoms with Crippen LogP contribution in [0.1, 0.15) is 11.1 Å². The fourth-order valence-corrected chi connectivity index (χ4v) is 2.62. The zero-order valence-electron chi connectivity index (χ0n) is 15.3. The molecule has 27 heavy (non-hydrogen) atoms. The van der Waals surface area contributed by atoms with Crippen molar-refractivity contribution >= 4 is 23.5 Å². The molecule has 2 aromatic rings. The molecule has 2 rings (SSSR count).